The number of fused-ring (bicyclic) bond motifs is 1. The van der Waals surface area contributed by atoms with Crippen LogP contribution in [0, 0.1) is 0 Å². The molecule has 1 aromatic carbocycles. The van der Waals surface area contributed by atoms with Gasteiger partial charge in [-0.1, -0.05) is 25.8 Å². The predicted octanol–water partition coefficient (Wildman–Crippen LogP) is 5.45. The number of carbonyl (C=O) groups excluding carboxylic acids is 1. The summed E-state index contributed by atoms with van der Waals surface area (Å²) in [6.07, 6.45) is 9.60. The smallest absolute Gasteiger partial charge is 0.324 e. The van der Waals surface area contributed by atoms with Crippen molar-refractivity contribution in [2.45, 2.75) is 51.5 Å². The Morgan fingerprint density at radius 3 is 2.90 bits per heavy atom. The van der Waals surface area contributed by atoms with Gasteiger partial charge in [0, 0.05) is 49.2 Å². The Balaban J connectivity index is 1.32. The van der Waals surface area contributed by atoms with Crippen LogP contribution in [0.25, 0.3) is 11.0 Å². The van der Waals surface area contributed by atoms with Crippen LogP contribution in [0.15, 0.2) is 42.7 Å². The fraction of sp³-hybridized carbons (Fsp3) is 0.440. The summed E-state index contributed by atoms with van der Waals surface area (Å²) in [5.74, 6) is 1.59. The number of nitrogens with one attached hydrogen (secondary N) is 1. The number of urea groups is 1. The SMILES string of the molecule is CCCCCOc1cc(N2CCN(Cc3ccnc4[nH]ccc34)C2=O)ccc1C1CC1. The van der Waals surface area contributed by atoms with E-state index in [1.165, 1.54) is 31.2 Å². The van der Waals surface area contributed by atoms with Crippen molar-refractivity contribution in [3.63, 3.8) is 0 Å². The fourth-order valence-corrected chi connectivity index (χ4v) is 4.41. The van der Waals surface area contributed by atoms with Gasteiger partial charge in [0.05, 0.1) is 6.61 Å². The maximum Gasteiger partial charge on any atom is 0.324 e. The summed E-state index contributed by atoms with van der Waals surface area (Å²) in [5, 5.41) is 1.07. The molecule has 0 spiro atoms. The summed E-state index contributed by atoms with van der Waals surface area (Å²) in [6.45, 7) is 4.94. The lowest BCUT2D eigenvalue weighted by atomic mass is 10.1. The minimum absolute atomic E-state index is 0.0524. The van der Waals surface area contributed by atoms with Crippen molar-refractivity contribution in [1.29, 1.82) is 0 Å². The zero-order chi connectivity index (χ0) is 21.2. The molecule has 2 fully saturated rings. The van der Waals surface area contributed by atoms with Gasteiger partial charge in [0.2, 0.25) is 0 Å². The third-order valence-electron chi connectivity index (χ3n) is 6.34. The first-order chi connectivity index (χ1) is 15.2. The van der Waals surface area contributed by atoms with Gasteiger partial charge in [-0.15, -0.1) is 0 Å². The number of rotatable bonds is 9. The zero-order valence-corrected chi connectivity index (χ0v) is 18.1. The molecule has 1 saturated carbocycles. The maximum atomic E-state index is 13.2. The van der Waals surface area contributed by atoms with Gasteiger partial charge in [-0.25, -0.2) is 9.78 Å². The average molecular weight is 419 g/mol. The topological polar surface area (TPSA) is 61.5 Å². The summed E-state index contributed by atoms with van der Waals surface area (Å²) >= 11 is 0. The fourth-order valence-electron chi connectivity index (χ4n) is 4.41. The number of H-pyrrole nitrogens is 1. The van der Waals surface area contributed by atoms with Crippen molar-refractivity contribution in [1.82, 2.24) is 14.9 Å². The molecule has 3 heterocycles. The molecule has 2 aromatic heterocycles. The molecule has 0 atom stereocenters. The lowest BCUT2D eigenvalue weighted by molar-refractivity contribution is 0.219. The molecule has 1 N–H and O–H groups in total. The third-order valence-corrected chi connectivity index (χ3v) is 6.34. The summed E-state index contributed by atoms with van der Waals surface area (Å²) in [5.41, 5.74) is 4.21. The lowest BCUT2D eigenvalue weighted by Crippen LogP contribution is -2.31. The van der Waals surface area contributed by atoms with Gasteiger partial charge in [0.25, 0.3) is 0 Å². The molecule has 6 heteroatoms. The molecular weight excluding hydrogens is 388 g/mol. The Morgan fingerprint density at radius 2 is 2.06 bits per heavy atom. The van der Waals surface area contributed by atoms with Crippen LogP contribution >= 0.6 is 0 Å². The summed E-state index contributed by atoms with van der Waals surface area (Å²) < 4.78 is 6.18. The first-order valence-electron chi connectivity index (χ1n) is 11.5. The minimum Gasteiger partial charge on any atom is -0.493 e. The van der Waals surface area contributed by atoms with Gasteiger partial charge in [0.15, 0.2) is 0 Å². The molecule has 2 aliphatic rings. The molecule has 162 valence electrons. The van der Waals surface area contributed by atoms with E-state index in [0.29, 0.717) is 25.6 Å². The van der Waals surface area contributed by atoms with Crippen LogP contribution in [-0.2, 0) is 6.54 Å². The van der Waals surface area contributed by atoms with Gasteiger partial charge in [-0.2, -0.15) is 0 Å². The Bertz CT molecular complexity index is 1070. The van der Waals surface area contributed by atoms with Crippen molar-refractivity contribution in [3.8, 4) is 5.75 Å². The van der Waals surface area contributed by atoms with E-state index < -0.39 is 0 Å². The first-order valence-corrected chi connectivity index (χ1v) is 11.5. The van der Waals surface area contributed by atoms with Gasteiger partial charge in [0.1, 0.15) is 11.4 Å². The number of amides is 2. The molecule has 1 aliphatic heterocycles. The highest BCUT2D eigenvalue weighted by Gasteiger charge is 2.32. The van der Waals surface area contributed by atoms with Crippen molar-refractivity contribution in [2.24, 2.45) is 0 Å². The van der Waals surface area contributed by atoms with Crippen molar-refractivity contribution >= 4 is 22.8 Å². The Kier molecular flexibility index (Phi) is 5.53. The number of carbonyl (C=O) groups is 1. The Morgan fingerprint density at radius 1 is 1.16 bits per heavy atom. The van der Waals surface area contributed by atoms with Crippen LogP contribution in [0.5, 0.6) is 5.75 Å². The lowest BCUT2D eigenvalue weighted by Gasteiger charge is -2.21. The second kappa shape index (κ2) is 8.61. The number of aromatic nitrogens is 2. The highest BCUT2D eigenvalue weighted by Crippen LogP contribution is 2.45. The molecule has 31 heavy (non-hydrogen) atoms. The molecule has 0 unspecified atom stereocenters. The molecule has 2 amide bonds. The number of anilines is 1. The van der Waals surface area contributed by atoms with E-state index in [1.54, 1.807) is 6.20 Å². The largest absolute Gasteiger partial charge is 0.493 e. The normalized spacial score (nSPS) is 16.5. The number of unbranched alkanes of at least 4 members (excludes halogenated alkanes) is 2. The van der Waals surface area contributed by atoms with E-state index in [0.717, 1.165) is 41.1 Å². The van der Waals surface area contributed by atoms with E-state index in [9.17, 15) is 4.79 Å². The van der Waals surface area contributed by atoms with E-state index in [-0.39, 0.29) is 6.03 Å². The Labute approximate surface area is 183 Å². The van der Waals surface area contributed by atoms with Crippen molar-refractivity contribution < 1.29 is 9.53 Å². The van der Waals surface area contributed by atoms with E-state index in [2.05, 4.69) is 35.1 Å². The first kappa shape index (κ1) is 19.9. The molecule has 1 saturated heterocycles. The van der Waals surface area contributed by atoms with Crippen LogP contribution in [-0.4, -0.2) is 40.6 Å². The highest BCUT2D eigenvalue weighted by molar-refractivity contribution is 5.94. The van der Waals surface area contributed by atoms with E-state index in [1.807, 2.05) is 28.1 Å². The van der Waals surface area contributed by atoms with Crippen LogP contribution in [0.4, 0.5) is 10.5 Å². The van der Waals surface area contributed by atoms with Gasteiger partial charge >= 0.3 is 6.03 Å². The van der Waals surface area contributed by atoms with Crippen LogP contribution < -0.4 is 9.64 Å². The third kappa shape index (κ3) is 4.11. The van der Waals surface area contributed by atoms with Gasteiger partial charge in [-0.3, -0.25) is 4.90 Å². The summed E-state index contributed by atoms with van der Waals surface area (Å²) in [6, 6.07) is 10.4. The Hall–Kier alpha value is -3.02. The number of ether oxygens (including phenoxy) is 1. The zero-order valence-electron chi connectivity index (χ0n) is 18.1. The molecule has 3 aromatic rings. The molecule has 0 radical (unpaired) electrons. The van der Waals surface area contributed by atoms with Gasteiger partial charge in [-0.05, 0) is 54.5 Å². The number of benzene rings is 1. The summed E-state index contributed by atoms with van der Waals surface area (Å²) in [4.78, 5) is 24.5. The van der Waals surface area contributed by atoms with Gasteiger partial charge < -0.3 is 14.6 Å². The molecule has 6 nitrogen and oxygen atoms in total. The average Bonchev–Trinajstić information content (AvgIpc) is 3.40. The number of hydrogen-bond donors (Lipinski definition) is 1. The number of nitrogens with zero attached hydrogens (tertiary/aromatic N) is 3. The minimum atomic E-state index is 0.0524. The van der Waals surface area contributed by atoms with E-state index in [4.69, 9.17) is 4.74 Å². The monoisotopic (exact) mass is 418 g/mol. The number of aromatic amines is 1. The van der Waals surface area contributed by atoms with Crippen molar-refractivity contribution in [2.75, 3.05) is 24.6 Å². The molecule has 1 aliphatic carbocycles. The quantitative estimate of drug-likeness (QED) is 0.470. The molecular formula is C25H30N4O2. The van der Waals surface area contributed by atoms with Crippen LogP contribution in [0.3, 0.4) is 0 Å². The standard InChI is InChI=1S/C25H30N4O2/c1-2-3-4-15-31-23-16-20(7-8-21(23)18-5-6-18)29-14-13-28(25(29)30)17-19-9-11-26-24-22(19)10-12-27-24/h7-12,16,18H,2-6,13-15,17H2,1H3,(H,26,27). The van der Waals surface area contributed by atoms with Crippen molar-refractivity contribution in [3.05, 3.63) is 53.9 Å². The molecule has 5 rings (SSSR count). The number of hydrogen-bond acceptors (Lipinski definition) is 3. The predicted molar refractivity (Wildman–Crippen MR) is 123 cm³/mol. The number of pyridine rings is 1. The van der Waals surface area contributed by atoms with E-state index >= 15 is 0 Å². The summed E-state index contributed by atoms with van der Waals surface area (Å²) in [7, 11) is 0. The van der Waals surface area contributed by atoms with Crippen LogP contribution in [0.2, 0.25) is 0 Å². The van der Waals surface area contributed by atoms with Crippen LogP contribution in [0.1, 0.15) is 56.1 Å². The maximum absolute atomic E-state index is 13.2. The second-order valence-corrected chi connectivity index (χ2v) is 8.62. The highest BCUT2D eigenvalue weighted by atomic mass is 16.5. The molecule has 0 bridgehead atoms. The second-order valence-electron chi connectivity index (χ2n) is 8.62.